The van der Waals surface area contributed by atoms with E-state index in [1.54, 1.807) is 47.0 Å². The third-order valence-corrected chi connectivity index (χ3v) is 9.23. The fourth-order valence-corrected chi connectivity index (χ4v) is 6.99. The summed E-state index contributed by atoms with van der Waals surface area (Å²) in [5, 5.41) is 6.21. The summed E-state index contributed by atoms with van der Waals surface area (Å²) >= 11 is 6.83. The standard InChI is InChI=1S/C24H28O2S4/c1-3-5-6-7-8-9-10-11-12-16-22(25)26-20(4-2)14-13-15-21-19-29-24(30-21)23-27-17-18-28-23/h2,14,17-19H,3,5-12,16H2,1H3/b20-14+. The maximum atomic E-state index is 12.0. The van der Waals surface area contributed by atoms with Gasteiger partial charge in [-0.05, 0) is 28.6 Å². The van der Waals surface area contributed by atoms with Crippen LogP contribution in [0.15, 0.2) is 41.4 Å². The van der Waals surface area contributed by atoms with E-state index in [4.69, 9.17) is 11.2 Å². The van der Waals surface area contributed by atoms with Crippen molar-refractivity contribution in [2.24, 2.45) is 0 Å². The Morgan fingerprint density at radius 3 is 2.33 bits per heavy atom. The molecule has 2 rings (SSSR count). The Kier molecular flexibility index (Phi) is 13.2. The predicted octanol–water partition coefficient (Wildman–Crippen LogP) is 8.37. The van der Waals surface area contributed by atoms with E-state index in [9.17, 15) is 4.79 Å². The molecule has 0 amide bonds. The molecule has 2 aliphatic heterocycles. The van der Waals surface area contributed by atoms with Crippen molar-refractivity contribution in [2.45, 2.75) is 71.1 Å². The Hall–Kier alpha value is -1.05. The second kappa shape index (κ2) is 15.7. The zero-order valence-corrected chi connectivity index (χ0v) is 20.7. The Morgan fingerprint density at radius 1 is 1.00 bits per heavy atom. The van der Waals surface area contributed by atoms with Crippen molar-refractivity contribution in [1.29, 1.82) is 0 Å². The second-order valence-corrected chi connectivity index (χ2v) is 11.0. The Balaban J connectivity index is 1.62. The van der Waals surface area contributed by atoms with Crippen molar-refractivity contribution >= 4 is 53.0 Å². The Morgan fingerprint density at radius 2 is 1.67 bits per heavy atom. The second-order valence-electron chi connectivity index (χ2n) is 6.76. The first-order chi connectivity index (χ1) is 14.7. The van der Waals surface area contributed by atoms with Crippen molar-refractivity contribution < 1.29 is 9.53 Å². The van der Waals surface area contributed by atoms with Crippen molar-refractivity contribution in [3.8, 4) is 24.2 Å². The maximum absolute atomic E-state index is 12.0. The lowest BCUT2D eigenvalue weighted by molar-refractivity contribution is -0.139. The number of thioether (sulfide) groups is 4. The zero-order chi connectivity index (χ0) is 21.4. The molecule has 2 nitrogen and oxygen atoms in total. The minimum atomic E-state index is -0.274. The molecule has 0 fully saturated rings. The third-order valence-electron chi connectivity index (χ3n) is 4.30. The van der Waals surface area contributed by atoms with E-state index in [-0.39, 0.29) is 11.7 Å². The topological polar surface area (TPSA) is 26.3 Å². The number of ether oxygens (including phenoxy) is 1. The van der Waals surface area contributed by atoms with Crippen LogP contribution >= 0.6 is 47.0 Å². The van der Waals surface area contributed by atoms with Gasteiger partial charge in [0.05, 0.1) is 13.4 Å². The average Bonchev–Trinajstić information content (AvgIpc) is 3.43. The SMILES string of the molecule is C#C/C(=C\C#CC1=CSC(=C2SC=CS2)S1)OC(=O)CCCCCCCCCCC. The smallest absolute Gasteiger partial charge is 0.311 e. The molecule has 0 radical (unpaired) electrons. The molecule has 0 aliphatic carbocycles. The summed E-state index contributed by atoms with van der Waals surface area (Å²) in [7, 11) is 0. The van der Waals surface area contributed by atoms with Gasteiger partial charge in [-0.15, -0.1) is 6.42 Å². The fourth-order valence-electron chi connectivity index (χ4n) is 2.73. The van der Waals surface area contributed by atoms with Crippen LogP contribution in [0.25, 0.3) is 0 Å². The van der Waals surface area contributed by atoms with Crippen LogP contribution in [0.5, 0.6) is 0 Å². The molecule has 0 atom stereocenters. The molecule has 160 valence electrons. The van der Waals surface area contributed by atoms with Crippen molar-refractivity contribution in [3.05, 3.63) is 41.4 Å². The van der Waals surface area contributed by atoms with Crippen LogP contribution in [0.4, 0.5) is 0 Å². The van der Waals surface area contributed by atoms with Gasteiger partial charge < -0.3 is 4.74 Å². The van der Waals surface area contributed by atoms with Crippen molar-refractivity contribution in [2.75, 3.05) is 0 Å². The van der Waals surface area contributed by atoms with E-state index < -0.39 is 0 Å². The van der Waals surface area contributed by atoms with E-state index in [2.05, 4.69) is 35.5 Å². The Labute approximate surface area is 198 Å². The van der Waals surface area contributed by atoms with Gasteiger partial charge in [0.1, 0.15) is 0 Å². The lowest BCUT2D eigenvalue weighted by Gasteiger charge is -2.03. The summed E-state index contributed by atoms with van der Waals surface area (Å²) < 4.78 is 7.82. The quantitative estimate of drug-likeness (QED) is 0.129. The minimum absolute atomic E-state index is 0.185. The summed E-state index contributed by atoms with van der Waals surface area (Å²) in [6.07, 6.45) is 18.3. The normalized spacial score (nSPS) is 15.6. The maximum Gasteiger partial charge on any atom is 0.311 e. The number of hydrogen-bond donors (Lipinski definition) is 0. The van der Waals surface area contributed by atoms with E-state index >= 15 is 0 Å². The van der Waals surface area contributed by atoms with Crippen molar-refractivity contribution in [3.63, 3.8) is 0 Å². The lowest BCUT2D eigenvalue weighted by atomic mass is 10.1. The van der Waals surface area contributed by atoms with E-state index in [1.807, 2.05) is 5.41 Å². The minimum Gasteiger partial charge on any atom is -0.417 e. The summed E-state index contributed by atoms with van der Waals surface area (Å²) in [6, 6.07) is 0. The number of hydrogen-bond acceptors (Lipinski definition) is 6. The summed E-state index contributed by atoms with van der Waals surface area (Å²) in [6.45, 7) is 2.24. The fraction of sp³-hybridized carbons (Fsp3) is 0.458. The Bertz CT molecular complexity index is 793. The molecule has 2 heterocycles. The highest BCUT2D eigenvalue weighted by molar-refractivity contribution is 8.33. The molecule has 0 aromatic rings. The first-order valence-corrected chi connectivity index (χ1v) is 13.8. The monoisotopic (exact) mass is 476 g/mol. The van der Waals surface area contributed by atoms with Gasteiger partial charge in [0, 0.05) is 12.5 Å². The van der Waals surface area contributed by atoms with E-state index in [1.165, 1.54) is 59.5 Å². The summed E-state index contributed by atoms with van der Waals surface area (Å²) in [4.78, 5) is 13.0. The van der Waals surface area contributed by atoms with Crippen molar-refractivity contribution in [1.82, 2.24) is 0 Å². The van der Waals surface area contributed by atoms with Crippen LogP contribution in [0.2, 0.25) is 0 Å². The molecule has 0 bridgehead atoms. The molecule has 0 saturated carbocycles. The first kappa shape index (κ1) is 25.2. The van der Waals surface area contributed by atoms with Crippen LogP contribution < -0.4 is 0 Å². The van der Waals surface area contributed by atoms with Crippen LogP contribution in [-0.2, 0) is 9.53 Å². The van der Waals surface area contributed by atoms with Gasteiger partial charge in [-0.2, -0.15) is 0 Å². The average molecular weight is 477 g/mol. The van der Waals surface area contributed by atoms with Gasteiger partial charge in [-0.3, -0.25) is 4.79 Å². The predicted molar refractivity (Wildman–Crippen MR) is 137 cm³/mol. The van der Waals surface area contributed by atoms with Gasteiger partial charge in [0.25, 0.3) is 0 Å². The van der Waals surface area contributed by atoms with Crippen LogP contribution in [-0.4, -0.2) is 5.97 Å². The van der Waals surface area contributed by atoms with Crippen LogP contribution in [0.1, 0.15) is 71.1 Å². The molecule has 0 aromatic carbocycles. The number of esters is 1. The molecule has 2 aliphatic rings. The summed E-state index contributed by atoms with van der Waals surface area (Å²) in [5.41, 5.74) is 0. The number of allylic oxidation sites excluding steroid dienone is 3. The zero-order valence-electron chi connectivity index (χ0n) is 17.4. The van der Waals surface area contributed by atoms with Gasteiger partial charge >= 0.3 is 5.97 Å². The van der Waals surface area contributed by atoms with E-state index in [0.29, 0.717) is 6.42 Å². The largest absolute Gasteiger partial charge is 0.417 e. The molecule has 0 aromatic heterocycles. The summed E-state index contributed by atoms with van der Waals surface area (Å²) in [5.74, 6) is 8.31. The first-order valence-electron chi connectivity index (χ1n) is 10.4. The lowest BCUT2D eigenvalue weighted by Crippen LogP contribution is -2.03. The number of carbonyl (C=O) groups excluding carboxylic acids is 1. The van der Waals surface area contributed by atoms with Crippen LogP contribution in [0.3, 0.4) is 0 Å². The molecule has 0 spiro atoms. The third kappa shape index (κ3) is 10.3. The number of unbranched alkanes of at least 4 members (excludes halogenated alkanes) is 8. The molecule has 0 unspecified atom stereocenters. The van der Waals surface area contributed by atoms with Gasteiger partial charge in [-0.25, -0.2) is 0 Å². The molecule has 0 N–H and O–H groups in total. The highest BCUT2D eigenvalue weighted by Crippen LogP contribution is 2.52. The number of carbonyl (C=O) groups is 1. The highest BCUT2D eigenvalue weighted by atomic mass is 32.2. The molecular weight excluding hydrogens is 449 g/mol. The van der Waals surface area contributed by atoms with E-state index in [0.717, 1.165) is 17.7 Å². The number of terminal acetylenes is 1. The molecular formula is C24H28O2S4. The molecule has 0 saturated heterocycles. The van der Waals surface area contributed by atoms with Gasteiger partial charge in [0.15, 0.2) is 5.76 Å². The van der Waals surface area contributed by atoms with Crippen LogP contribution in [0, 0.1) is 24.2 Å². The van der Waals surface area contributed by atoms with Gasteiger partial charge in [0.2, 0.25) is 0 Å². The number of rotatable bonds is 11. The molecule has 6 heteroatoms. The van der Waals surface area contributed by atoms with Gasteiger partial charge in [-0.1, -0.05) is 117 Å². The highest BCUT2D eigenvalue weighted by Gasteiger charge is 2.17. The molecule has 30 heavy (non-hydrogen) atoms.